The Kier molecular flexibility index (Phi) is 6.54. The number of carbonyl (C=O) groups excluding carboxylic acids is 1. The van der Waals surface area contributed by atoms with E-state index in [4.69, 9.17) is 32.7 Å². The molecular weight excluding hydrogens is 449 g/mol. The summed E-state index contributed by atoms with van der Waals surface area (Å²) in [6.07, 6.45) is 1.49. The molecule has 2 heterocycles. The molecular formula is C24H27Cl2N3O3. The molecule has 6 nitrogen and oxygen atoms in total. The molecule has 3 aromatic rings. The highest BCUT2D eigenvalue weighted by molar-refractivity contribution is 6.42. The number of imidazole rings is 1. The summed E-state index contributed by atoms with van der Waals surface area (Å²) in [4.78, 5) is 19.0. The van der Waals surface area contributed by atoms with E-state index < -0.39 is 5.60 Å². The second kappa shape index (κ2) is 9.20. The lowest BCUT2D eigenvalue weighted by Gasteiger charge is -2.28. The molecule has 32 heavy (non-hydrogen) atoms. The summed E-state index contributed by atoms with van der Waals surface area (Å²) in [6, 6.07) is 13.9. The minimum atomic E-state index is -0.529. The first-order chi connectivity index (χ1) is 15.2. The van der Waals surface area contributed by atoms with Gasteiger partial charge < -0.3 is 14.4 Å². The summed E-state index contributed by atoms with van der Waals surface area (Å²) in [5.41, 5.74) is 2.27. The van der Waals surface area contributed by atoms with E-state index in [0.717, 1.165) is 29.4 Å². The molecule has 0 N–H and O–H groups in total. The minimum absolute atomic E-state index is 0.0527. The van der Waals surface area contributed by atoms with Crippen LogP contribution in [0, 0.1) is 0 Å². The van der Waals surface area contributed by atoms with Gasteiger partial charge in [-0.05, 0) is 63.4 Å². The molecule has 170 valence electrons. The Hall–Kier alpha value is -2.44. The topological polar surface area (TPSA) is 56.6 Å². The minimum Gasteiger partial charge on any atom is -0.462 e. The molecule has 0 aliphatic carbocycles. The number of hydrogen-bond donors (Lipinski definition) is 0. The van der Waals surface area contributed by atoms with Crippen LogP contribution in [0.5, 0.6) is 6.01 Å². The highest BCUT2D eigenvalue weighted by Crippen LogP contribution is 2.28. The van der Waals surface area contributed by atoms with Crippen LogP contribution in [0.15, 0.2) is 42.5 Å². The average molecular weight is 476 g/mol. The van der Waals surface area contributed by atoms with Crippen molar-refractivity contribution in [3.63, 3.8) is 0 Å². The van der Waals surface area contributed by atoms with Crippen LogP contribution >= 0.6 is 23.2 Å². The number of benzene rings is 2. The predicted octanol–water partition coefficient (Wildman–Crippen LogP) is 6.17. The number of rotatable bonds is 5. The van der Waals surface area contributed by atoms with E-state index >= 15 is 0 Å². The number of aromatic nitrogens is 2. The van der Waals surface area contributed by atoms with Gasteiger partial charge in [-0.15, -0.1) is 0 Å². The standard InChI is InChI=1S/C24H27Cl2N3O3/c1-24(2,3)32-23(30)28-12-6-7-17(28)15-31-22-27-20-8-4-5-9-21(20)29(22)14-16-10-11-18(25)19(26)13-16/h4-5,8-11,13,17H,6-7,12,14-15H2,1-3H3. The lowest BCUT2D eigenvalue weighted by atomic mass is 10.2. The van der Waals surface area contributed by atoms with Crippen molar-refractivity contribution in [1.82, 2.24) is 14.5 Å². The number of carbonyl (C=O) groups is 1. The van der Waals surface area contributed by atoms with Crippen LogP contribution in [0.4, 0.5) is 4.79 Å². The molecule has 4 rings (SSSR count). The fourth-order valence-corrected chi connectivity index (χ4v) is 4.20. The van der Waals surface area contributed by atoms with Crippen molar-refractivity contribution in [1.29, 1.82) is 0 Å². The highest BCUT2D eigenvalue weighted by atomic mass is 35.5. The summed E-state index contributed by atoms with van der Waals surface area (Å²) in [7, 11) is 0. The molecule has 1 saturated heterocycles. The van der Waals surface area contributed by atoms with E-state index in [2.05, 4.69) is 4.98 Å². The lowest BCUT2D eigenvalue weighted by Crippen LogP contribution is -2.42. The molecule has 0 saturated carbocycles. The number of ether oxygens (including phenoxy) is 2. The molecule has 1 aliphatic rings. The van der Waals surface area contributed by atoms with E-state index in [1.54, 1.807) is 11.0 Å². The van der Waals surface area contributed by atoms with Crippen LogP contribution in [-0.4, -0.2) is 45.3 Å². The third-order valence-corrected chi connectivity index (χ3v) is 6.09. The van der Waals surface area contributed by atoms with Crippen molar-refractivity contribution >= 4 is 40.3 Å². The summed E-state index contributed by atoms with van der Waals surface area (Å²) in [5, 5.41) is 1.03. The summed E-state index contributed by atoms with van der Waals surface area (Å²) >= 11 is 12.3. The molecule has 1 unspecified atom stereocenters. The number of likely N-dealkylation sites (tertiary alicyclic amines) is 1. The SMILES string of the molecule is CC(C)(C)OC(=O)N1CCCC1COc1nc2ccccc2n1Cc1ccc(Cl)c(Cl)c1. The molecule has 2 aromatic carbocycles. The molecule has 1 aromatic heterocycles. The lowest BCUT2D eigenvalue weighted by molar-refractivity contribution is 0.0183. The normalized spacial score (nSPS) is 16.5. The second-order valence-electron chi connectivity index (χ2n) is 9.00. The van der Waals surface area contributed by atoms with Gasteiger partial charge in [0, 0.05) is 6.54 Å². The van der Waals surface area contributed by atoms with Crippen LogP contribution in [0.25, 0.3) is 11.0 Å². The van der Waals surface area contributed by atoms with E-state index in [1.807, 2.05) is 61.7 Å². The van der Waals surface area contributed by atoms with Crippen LogP contribution < -0.4 is 4.74 Å². The van der Waals surface area contributed by atoms with Crippen LogP contribution in [0.3, 0.4) is 0 Å². The quantitative estimate of drug-likeness (QED) is 0.442. The maximum Gasteiger partial charge on any atom is 0.410 e. The Morgan fingerprint density at radius 1 is 1.16 bits per heavy atom. The van der Waals surface area contributed by atoms with Crippen LogP contribution in [0.2, 0.25) is 10.0 Å². The Balaban J connectivity index is 1.54. The molecule has 1 amide bonds. The first-order valence-corrected chi connectivity index (χ1v) is 11.5. The highest BCUT2D eigenvalue weighted by Gasteiger charge is 2.33. The van der Waals surface area contributed by atoms with Crippen molar-refractivity contribution in [2.75, 3.05) is 13.2 Å². The molecule has 0 spiro atoms. The van der Waals surface area contributed by atoms with Crippen molar-refractivity contribution < 1.29 is 14.3 Å². The number of halogens is 2. The van der Waals surface area contributed by atoms with Gasteiger partial charge in [-0.25, -0.2) is 4.79 Å². The maximum atomic E-state index is 12.6. The molecule has 1 aliphatic heterocycles. The molecule has 0 bridgehead atoms. The van der Waals surface area contributed by atoms with Gasteiger partial charge >= 0.3 is 6.09 Å². The van der Waals surface area contributed by atoms with Crippen molar-refractivity contribution in [2.24, 2.45) is 0 Å². The fraction of sp³-hybridized carbons (Fsp3) is 0.417. The third kappa shape index (κ3) is 5.13. The van der Waals surface area contributed by atoms with Crippen molar-refractivity contribution in [3.05, 3.63) is 58.1 Å². The Morgan fingerprint density at radius 2 is 1.94 bits per heavy atom. The predicted molar refractivity (Wildman–Crippen MR) is 127 cm³/mol. The fourth-order valence-electron chi connectivity index (χ4n) is 3.88. The van der Waals surface area contributed by atoms with Gasteiger partial charge in [0.25, 0.3) is 6.01 Å². The van der Waals surface area contributed by atoms with Crippen LogP contribution in [-0.2, 0) is 11.3 Å². The van der Waals surface area contributed by atoms with E-state index in [1.165, 1.54) is 0 Å². The second-order valence-corrected chi connectivity index (χ2v) is 9.81. The van der Waals surface area contributed by atoms with Gasteiger partial charge in [-0.1, -0.05) is 41.4 Å². The summed E-state index contributed by atoms with van der Waals surface area (Å²) in [6.45, 7) is 7.17. The monoisotopic (exact) mass is 475 g/mol. The molecule has 1 atom stereocenters. The molecule has 1 fully saturated rings. The zero-order valence-electron chi connectivity index (χ0n) is 18.5. The smallest absolute Gasteiger partial charge is 0.410 e. The van der Waals surface area contributed by atoms with Gasteiger partial charge in [-0.3, -0.25) is 4.57 Å². The first-order valence-electron chi connectivity index (χ1n) is 10.7. The Bertz CT molecular complexity index is 1120. The van der Waals surface area contributed by atoms with Gasteiger partial charge in [0.15, 0.2) is 0 Å². The number of hydrogen-bond acceptors (Lipinski definition) is 4. The average Bonchev–Trinajstić information content (AvgIpc) is 3.33. The number of amides is 1. The van der Waals surface area contributed by atoms with Crippen molar-refractivity contribution in [2.45, 2.75) is 51.8 Å². The number of nitrogens with zero attached hydrogens (tertiary/aromatic N) is 3. The zero-order valence-corrected chi connectivity index (χ0v) is 20.0. The van der Waals surface area contributed by atoms with E-state index in [9.17, 15) is 4.79 Å². The largest absolute Gasteiger partial charge is 0.462 e. The van der Waals surface area contributed by atoms with E-state index in [-0.39, 0.29) is 12.1 Å². The van der Waals surface area contributed by atoms with Gasteiger partial charge in [0.05, 0.1) is 33.7 Å². The third-order valence-electron chi connectivity index (χ3n) is 5.35. The first kappa shape index (κ1) is 22.7. The Morgan fingerprint density at radius 3 is 2.69 bits per heavy atom. The number of para-hydroxylation sites is 2. The van der Waals surface area contributed by atoms with Crippen molar-refractivity contribution in [3.8, 4) is 6.01 Å². The summed E-state index contributed by atoms with van der Waals surface area (Å²) in [5.74, 6) is 0. The van der Waals surface area contributed by atoms with E-state index in [0.29, 0.717) is 35.8 Å². The van der Waals surface area contributed by atoms with Gasteiger partial charge in [0.1, 0.15) is 12.2 Å². The Labute approximate surface area is 198 Å². The maximum absolute atomic E-state index is 12.6. The van der Waals surface area contributed by atoms with Gasteiger partial charge in [-0.2, -0.15) is 4.98 Å². The summed E-state index contributed by atoms with van der Waals surface area (Å²) < 4.78 is 13.8. The number of fused-ring (bicyclic) bond motifs is 1. The zero-order chi connectivity index (χ0) is 22.9. The van der Waals surface area contributed by atoms with Crippen LogP contribution in [0.1, 0.15) is 39.2 Å². The van der Waals surface area contributed by atoms with Gasteiger partial charge in [0.2, 0.25) is 0 Å². The molecule has 0 radical (unpaired) electrons. The molecule has 8 heteroatoms.